The largest absolute Gasteiger partial charge is 0.495 e. The molecule has 4 amide bonds. The van der Waals surface area contributed by atoms with Crippen LogP contribution in [0.5, 0.6) is 5.75 Å². The minimum absolute atomic E-state index is 0.0376. The zero-order valence-electron chi connectivity index (χ0n) is 17.6. The quantitative estimate of drug-likeness (QED) is 0.517. The van der Waals surface area contributed by atoms with Crippen LogP contribution in [0.1, 0.15) is 44.7 Å². The van der Waals surface area contributed by atoms with E-state index in [4.69, 9.17) is 4.74 Å². The number of nitrogens with one attached hydrogen (secondary N) is 4. The Labute approximate surface area is 185 Å². The number of hydrogen-bond donors (Lipinski definition) is 4. The smallest absolute Gasteiger partial charge is 0.321 e. The minimum atomic E-state index is -0.290. The van der Waals surface area contributed by atoms with Crippen molar-refractivity contribution in [2.24, 2.45) is 0 Å². The zero-order chi connectivity index (χ0) is 22.2. The molecule has 0 spiro atoms. The third-order valence-corrected chi connectivity index (χ3v) is 5.65. The van der Waals surface area contributed by atoms with Gasteiger partial charge in [0, 0.05) is 24.0 Å². The molecule has 9 nitrogen and oxygen atoms in total. The second kappa shape index (κ2) is 10.8. The molecule has 1 aromatic carbocycles. The molecule has 1 saturated carbocycles. The number of urea groups is 1. The Morgan fingerprint density at radius 2 is 1.90 bits per heavy atom. The van der Waals surface area contributed by atoms with Crippen LogP contribution in [-0.2, 0) is 16.0 Å². The topological polar surface area (TPSA) is 121 Å². The Morgan fingerprint density at radius 1 is 1.13 bits per heavy atom. The highest BCUT2D eigenvalue weighted by Crippen LogP contribution is 2.28. The molecule has 0 unspecified atom stereocenters. The Hall–Kier alpha value is -3.14. The van der Waals surface area contributed by atoms with Crippen molar-refractivity contribution in [3.63, 3.8) is 0 Å². The highest BCUT2D eigenvalue weighted by Gasteiger charge is 2.17. The number of carbonyl (C=O) groups excluding carboxylic acids is 3. The van der Waals surface area contributed by atoms with Gasteiger partial charge in [0.15, 0.2) is 5.13 Å². The van der Waals surface area contributed by atoms with E-state index in [1.807, 2.05) is 0 Å². The van der Waals surface area contributed by atoms with Gasteiger partial charge in [-0.25, -0.2) is 9.78 Å². The fraction of sp³-hybridized carbons (Fsp3) is 0.429. The molecule has 0 aliphatic heterocycles. The van der Waals surface area contributed by atoms with Crippen molar-refractivity contribution in [2.45, 2.75) is 51.5 Å². The lowest BCUT2D eigenvalue weighted by Gasteiger charge is -2.22. The van der Waals surface area contributed by atoms with Crippen LogP contribution in [0.3, 0.4) is 0 Å². The van der Waals surface area contributed by atoms with E-state index >= 15 is 0 Å². The Bertz CT molecular complexity index is 940. The Balaban J connectivity index is 1.54. The molecular weight excluding hydrogens is 418 g/mol. The minimum Gasteiger partial charge on any atom is -0.495 e. The van der Waals surface area contributed by atoms with E-state index in [0.29, 0.717) is 27.9 Å². The third kappa shape index (κ3) is 6.95. The SMILES string of the molecule is COc1ccc(NC(C)=O)cc1NC(=O)Cc1csc(NC(=O)NC2CCCCC2)n1. The summed E-state index contributed by atoms with van der Waals surface area (Å²) in [5.41, 5.74) is 1.54. The Kier molecular flexibility index (Phi) is 7.82. The Morgan fingerprint density at radius 3 is 2.61 bits per heavy atom. The molecule has 1 aliphatic carbocycles. The van der Waals surface area contributed by atoms with Gasteiger partial charge in [-0.1, -0.05) is 19.3 Å². The standard InChI is InChI=1S/C21H27N5O4S/c1-13(27)22-15-8-9-18(30-2)17(10-15)25-19(28)11-16-12-31-21(24-16)26-20(29)23-14-6-4-3-5-7-14/h8-10,12,14H,3-7,11H2,1-2H3,(H,22,27)(H,25,28)(H2,23,24,26,29). The summed E-state index contributed by atoms with van der Waals surface area (Å²) in [6.07, 6.45) is 5.55. The summed E-state index contributed by atoms with van der Waals surface area (Å²) in [4.78, 5) is 40.2. The molecule has 2 aromatic rings. The highest BCUT2D eigenvalue weighted by molar-refractivity contribution is 7.13. The van der Waals surface area contributed by atoms with E-state index < -0.39 is 0 Å². The zero-order valence-corrected chi connectivity index (χ0v) is 18.4. The van der Waals surface area contributed by atoms with Crippen molar-refractivity contribution in [1.82, 2.24) is 10.3 Å². The van der Waals surface area contributed by atoms with Gasteiger partial charge in [-0.05, 0) is 31.0 Å². The van der Waals surface area contributed by atoms with Gasteiger partial charge in [-0.2, -0.15) is 0 Å². The summed E-state index contributed by atoms with van der Waals surface area (Å²) in [6.45, 7) is 1.41. The van der Waals surface area contributed by atoms with Crippen LogP contribution < -0.4 is 26.0 Å². The number of aromatic nitrogens is 1. The van der Waals surface area contributed by atoms with Gasteiger partial charge in [0.2, 0.25) is 11.8 Å². The van der Waals surface area contributed by atoms with Gasteiger partial charge in [-0.3, -0.25) is 14.9 Å². The summed E-state index contributed by atoms with van der Waals surface area (Å²) in [5, 5.41) is 13.3. The first-order valence-corrected chi connectivity index (χ1v) is 11.1. The van der Waals surface area contributed by atoms with Gasteiger partial charge >= 0.3 is 6.03 Å². The van der Waals surface area contributed by atoms with E-state index in [1.54, 1.807) is 23.6 Å². The van der Waals surface area contributed by atoms with Crippen LogP contribution >= 0.6 is 11.3 Å². The van der Waals surface area contributed by atoms with Crippen molar-refractivity contribution in [2.75, 3.05) is 23.1 Å². The van der Waals surface area contributed by atoms with Crippen LogP contribution in [0.25, 0.3) is 0 Å². The molecule has 0 saturated heterocycles. The molecule has 0 atom stereocenters. The summed E-state index contributed by atoms with van der Waals surface area (Å²) in [6, 6.07) is 4.92. The lowest BCUT2D eigenvalue weighted by atomic mass is 9.96. The van der Waals surface area contributed by atoms with Crippen molar-refractivity contribution < 1.29 is 19.1 Å². The predicted octanol–water partition coefficient (Wildman–Crippen LogP) is 3.75. The molecule has 1 aromatic heterocycles. The maximum atomic E-state index is 12.5. The first-order chi connectivity index (χ1) is 14.9. The number of ether oxygens (including phenoxy) is 1. The van der Waals surface area contributed by atoms with E-state index in [-0.39, 0.29) is 30.3 Å². The molecule has 1 fully saturated rings. The number of methoxy groups -OCH3 is 1. The average Bonchev–Trinajstić information content (AvgIpc) is 3.14. The lowest BCUT2D eigenvalue weighted by molar-refractivity contribution is -0.116. The normalized spacial score (nSPS) is 13.9. The number of anilines is 3. The average molecular weight is 446 g/mol. The van der Waals surface area contributed by atoms with Gasteiger partial charge in [0.1, 0.15) is 5.75 Å². The van der Waals surface area contributed by atoms with Crippen LogP contribution in [0.15, 0.2) is 23.6 Å². The summed E-state index contributed by atoms with van der Waals surface area (Å²) >= 11 is 1.27. The number of thiazole rings is 1. The van der Waals surface area contributed by atoms with Crippen molar-refractivity contribution in [3.05, 3.63) is 29.3 Å². The maximum absolute atomic E-state index is 12.5. The molecule has 0 radical (unpaired) electrons. The molecule has 1 aliphatic rings. The van der Waals surface area contributed by atoms with E-state index in [2.05, 4.69) is 26.3 Å². The molecular formula is C21H27N5O4S. The first-order valence-electron chi connectivity index (χ1n) is 10.2. The van der Waals surface area contributed by atoms with Crippen molar-refractivity contribution in [1.29, 1.82) is 0 Å². The molecule has 0 bridgehead atoms. The lowest BCUT2D eigenvalue weighted by Crippen LogP contribution is -2.39. The molecule has 3 rings (SSSR count). The summed E-state index contributed by atoms with van der Waals surface area (Å²) < 4.78 is 5.27. The third-order valence-electron chi connectivity index (χ3n) is 4.85. The second-order valence-corrected chi connectivity index (χ2v) is 8.26. The number of carbonyl (C=O) groups is 3. The number of hydrogen-bond acceptors (Lipinski definition) is 6. The highest BCUT2D eigenvalue weighted by atomic mass is 32.1. The van der Waals surface area contributed by atoms with Gasteiger partial charge in [0.05, 0.1) is 24.9 Å². The number of rotatable bonds is 7. The summed E-state index contributed by atoms with van der Waals surface area (Å²) in [5.74, 6) is -0.0262. The van der Waals surface area contributed by atoms with Crippen LogP contribution in [0.4, 0.5) is 21.3 Å². The van der Waals surface area contributed by atoms with Gasteiger partial charge in [0.25, 0.3) is 0 Å². The molecule has 4 N–H and O–H groups in total. The monoisotopic (exact) mass is 445 g/mol. The molecule has 31 heavy (non-hydrogen) atoms. The fourth-order valence-corrected chi connectivity index (χ4v) is 4.16. The molecule has 166 valence electrons. The van der Waals surface area contributed by atoms with Crippen LogP contribution in [-0.4, -0.2) is 36.0 Å². The van der Waals surface area contributed by atoms with E-state index in [9.17, 15) is 14.4 Å². The number of amides is 4. The van der Waals surface area contributed by atoms with Gasteiger partial charge in [-0.15, -0.1) is 11.3 Å². The number of benzene rings is 1. The van der Waals surface area contributed by atoms with Crippen molar-refractivity contribution in [3.8, 4) is 5.75 Å². The fourth-order valence-electron chi connectivity index (χ4n) is 3.46. The second-order valence-electron chi connectivity index (χ2n) is 7.40. The van der Waals surface area contributed by atoms with E-state index in [0.717, 1.165) is 25.7 Å². The van der Waals surface area contributed by atoms with Crippen molar-refractivity contribution >= 4 is 45.7 Å². The summed E-state index contributed by atoms with van der Waals surface area (Å²) in [7, 11) is 1.50. The maximum Gasteiger partial charge on any atom is 0.321 e. The van der Waals surface area contributed by atoms with Crippen LogP contribution in [0, 0.1) is 0 Å². The first kappa shape index (κ1) is 22.5. The predicted molar refractivity (Wildman–Crippen MR) is 121 cm³/mol. The van der Waals surface area contributed by atoms with Crippen LogP contribution in [0.2, 0.25) is 0 Å². The van der Waals surface area contributed by atoms with E-state index in [1.165, 1.54) is 31.8 Å². The molecule has 1 heterocycles. The molecule has 10 heteroatoms. The number of nitrogens with zero attached hydrogens (tertiary/aromatic N) is 1. The van der Waals surface area contributed by atoms with Gasteiger partial charge < -0.3 is 20.7 Å².